The van der Waals surface area contributed by atoms with Crippen molar-refractivity contribution in [1.29, 1.82) is 0 Å². The maximum atomic E-state index is 11.8. The highest BCUT2D eigenvalue weighted by Crippen LogP contribution is 2.37. The molecule has 11 nitrogen and oxygen atoms in total. The van der Waals surface area contributed by atoms with E-state index < -0.39 is 0 Å². The number of nitrogens with one attached hydrogen (secondary N) is 3. The quantitative estimate of drug-likeness (QED) is 0.373. The molecule has 0 radical (unpaired) electrons. The van der Waals surface area contributed by atoms with Crippen molar-refractivity contribution in [1.82, 2.24) is 30.0 Å². The lowest BCUT2D eigenvalue weighted by molar-refractivity contribution is -0.115. The average Bonchev–Trinajstić information content (AvgIpc) is 3.36. The standard InChI is InChI=1S/C27H30N10O/c1-4-22(38)32-19-11-17(13-28-15-19)18-12-20-24(34-35-25(20)30-14-18)27-31-16(2)23-21(5-6-29-26(23)33-27)37-9-7-36(3)8-10-37/h5-6,11-16H,4,7-10H2,1-3H3,(H,32,38)(H,29,31,33)(H,30,34,35). The van der Waals surface area contributed by atoms with Gasteiger partial charge in [-0.15, -0.1) is 0 Å². The van der Waals surface area contributed by atoms with E-state index >= 15 is 0 Å². The van der Waals surface area contributed by atoms with E-state index in [1.807, 2.05) is 25.3 Å². The van der Waals surface area contributed by atoms with E-state index in [2.05, 4.69) is 65.6 Å². The molecular weight excluding hydrogens is 480 g/mol. The molecule has 0 bridgehead atoms. The van der Waals surface area contributed by atoms with Gasteiger partial charge in [-0.3, -0.25) is 19.9 Å². The van der Waals surface area contributed by atoms with Gasteiger partial charge in [-0.25, -0.2) is 9.97 Å². The third kappa shape index (κ3) is 4.45. The minimum atomic E-state index is -0.0813. The first-order valence-electron chi connectivity index (χ1n) is 12.9. The van der Waals surface area contributed by atoms with Crippen LogP contribution in [-0.4, -0.2) is 75.0 Å². The van der Waals surface area contributed by atoms with Gasteiger partial charge >= 0.3 is 0 Å². The van der Waals surface area contributed by atoms with Crippen LogP contribution < -0.4 is 15.5 Å². The monoisotopic (exact) mass is 510 g/mol. The molecular formula is C27H30N10O. The van der Waals surface area contributed by atoms with Crippen LogP contribution in [-0.2, 0) is 4.79 Å². The summed E-state index contributed by atoms with van der Waals surface area (Å²) in [4.78, 5) is 35.1. The number of amidine groups is 1. The lowest BCUT2D eigenvalue weighted by Crippen LogP contribution is -2.45. The maximum absolute atomic E-state index is 11.8. The largest absolute Gasteiger partial charge is 0.369 e. The number of hydrogen-bond acceptors (Lipinski definition) is 9. The number of aromatic nitrogens is 5. The number of piperazine rings is 1. The molecule has 0 spiro atoms. The van der Waals surface area contributed by atoms with Crippen LogP contribution in [0.5, 0.6) is 0 Å². The maximum Gasteiger partial charge on any atom is 0.224 e. The van der Waals surface area contributed by atoms with Gasteiger partial charge in [-0.2, -0.15) is 5.10 Å². The van der Waals surface area contributed by atoms with Gasteiger partial charge in [0.15, 0.2) is 11.5 Å². The van der Waals surface area contributed by atoms with Gasteiger partial charge in [0, 0.05) is 73.6 Å². The molecule has 1 amide bonds. The van der Waals surface area contributed by atoms with Crippen LogP contribution in [0.2, 0.25) is 0 Å². The summed E-state index contributed by atoms with van der Waals surface area (Å²) in [5, 5.41) is 14.7. The molecule has 1 unspecified atom stereocenters. The number of anilines is 3. The van der Waals surface area contributed by atoms with Crippen LogP contribution in [0.15, 0.2) is 48.0 Å². The third-order valence-corrected chi connectivity index (χ3v) is 7.11. The van der Waals surface area contributed by atoms with Gasteiger partial charge in [-0.05, 0) is 32.2 Å². The highest BCUT2D eigenvalue weighted by Gasteiger charge is 2.28. The number of likely N-dealkylation sites (N-methyl/N-ethyl adjacent to an activating group) is 1. The van der Waals surface area contributed by atoms with E-state index in [0.717, 1.165) is 59.8 Å². The zero-order chi connectivity index (χ0) is 26.2. The Morgan fingerprint density at radius 2 is 1.92 bits per heavy atom. The van der Waals surface area contributed by atoms with E-state index in [9.17, 15) is 4.79 Å². The molecule has 2 aliphatic heterocycles. The van der Waals surface area contributed by atoms with Crippen LogP contribution in [0.4, 0.5) is 17.2 Å². The predicted octanol–water partition coefficient (Wildman–Crippen LogP) is 3.45. The van der Waals surface area contributed by atoms with E-state index in [-0.39, 0.29) is 11.9 Å². The van der Waals surface area contributed by atoms with Crippen molar-refractivity contribution in [3.63, 3.8) is 0 Å². The summed E-state index contributed by atoms with van der Waals surface area (Å²) in [6, 6.07) is 5.92. The molecule has 0 aliphatic carbocycles. The first kappa shape index (κ1) is 24.0. The molecule has 0 saturated carbocycles. The van der Waals surface area contributed by atoms with E-state index in [1.165, 1.54) is 5.69 Å². The number of aliphatic imine (C=N–C) groups is 1. The Morgan fingerprint density at radius 1 is 1.11 bits per heavy atom. The van der Waals surface area contributed by atoms with Crippen molar-refractivity contribution in [2.75, 3.05) is 48.8 Å². The van der Waals surface area contributed by atoms with Crippen LogP contribution >= 0.6 is 0 Å². The second-order valence-electron chi connectivity index (χ2n) is 9.72. The molecule has 1 fully saturated rings. The van der Waals surface area contributed by atoms with Gasteiger partial charge in [0.25, 0.3) is 0 Å². The Morgan fingerprint density at radius 3 is 2.74 bits per heavy atom. The Bertz CT molecular complexity index is 1540. The van der Waals surface area contributed by atoms with Gasteiger partial charge < -0.3 is 20.4 Å². The minimum absolute atomic E-state index is 0.0603. The number of nitrogens with zero attached hydrogens (tertiary/aromatic N) is 7. The van der Waals surface area contributed by atoms with E-state index in [1.54, 1.807) is 18.6 Å². The summed E-state index contributed by atoms with van der Waals surface area (Å²) >= 11 is 0. The number of rotatable bonds is 5. The normalized spacial score (nSPS) is 17.6. The fourth-order valence-electron chi connectivity index (χ4n) is 4.98. The van der Waals surface area contributed by atoms with Crippen LogP contribution in [0.1, 0.15) is 37.6 Å². The summed E-state index contributed by atoms with van der Waals surface area (Å²) in [6.45, 7) is 7.94. The topological polar surface area (TPSA) is 127 Å². The van der Waals surface area contributed by atoms with Gasteiger partial charge in [0.2, 0.25) is 5.91 Å². The number of aromatic amines is 1. The second kappa shape index (κ2) is 9.82. The van der Waals surface area contributed by atoms with Gasteiger partial charge in [0.05, 0.1) is 23.3 Å². The summed E-state index contributed by atoms with van der Waals surface area (Å²) < 4.78 is 0. The van der Waals surface area contributed by atoms with Crippen molar-refractivity contribution < 1.29 is 4.79 Å². The van der Waals surface area contributed by atoms with Gasteiger partial charge in [0.1, 0.15) is 11.5 Å². The Balaban J connectivity index is 1.33. The molecule has 3 N–H and O–H groups in total. The number of amides is 1. The number of H-pyrrole nitrogens is 1. The van der Waals surface area contributed by atoms with Crippen molar-refractivity contribution in [2.24, 2.45) is 4.99 Å². The Hall–Kier alpha value is -4.38. The summed E-state index contributed by atoms with van der Waals surface area (Å²) in [5.41, 5.74) is 5.99. The molecule has 4 aromatic rings. The summed E-state index contributed by atoms with van der Waals surface area (Å²) in [7, 11) is 2.16. The summed E-state index contributed by atoms with van der Waals surface area (Å²) in [6.07, 6.45) is 7.40. The Labute approximate surface area is 220 Å². The molecule has 1 atom stereocenters. The van der Waals surface area contributed by atoms with Crippen LogP contribution in [0, 0.1) is 0 Å². The van der Waals surface area contributed by atoms with Crippen LogP contribution in [0.25, 0.3) is 22.2 Å². The van der Waals surface area contributed by atoms with Crippen molar-refractivity contribution in [3.8, 4) is 11.1 Å². The van der Waals surface area contributed by atoms with E-state index in [0.29, 0.717) is 23.6 Å². The summed E-state index contributed by atoms with van der Waals surface area (Å²) in [5.74, 6) is 1.43. The third-order valence-electron chi connectivity index (χ3n) is 7.11. The molecule has 6 rings (SSSR count). The lowest BCUT2D eigenvalue weighted by atomic mass is 10.0. The molecule has 2 aliphatic rings. The van der Waals surface area contributed by atoms with Crippen LogP contribution in [0.3, 0.4) is 0 Å². The van der Waals surface area contributed by atoms with Gasteiger partial charge in [-0.1, -0.05) is 6.92 Å². The fraction of sp³-hybridized carbons (Fsp3) is 0.333. The lowest BCUT2D eigenvalue weighted by Gasteiger charge is -2.36. The zero-order valence-corrected chi connectivity index (χ0v) is 21.7. The zero-order valence-electron chi connectivity index (χ0n) is 21.7. The number of fused-ring (bicyclic) bond motifs is 2. The number of hydrogen-bond donors (Lipinski definition) is 3. The molecule has 1 saturated heterocycles. The number of pyridine rings is 3. The predicted molar refractivity (Wildman–Crippen MR) is 149 cm³/mol. The number of carbonyl (C=O) groups excluding carboxylic acids is 1. The molecule has 194 valence electrons. The minimum Gasteiger partial charge on any atom is -0.369 e. The van der Waals surface area contributed by atoms with Crippen molar-refractivity contribution in [2.45, 2.75) is 26.3 Å². The van der Waals surface area contributed by atoms with E-state index in [4.69, 9.17) is 4.99 Å². The highest BCUT2D eigenvalue weighted by molar-refractivity contribution is 6.15. The Kier molecular flexibility index (Phi) is 6.20. The first-order valence-corrected chi connectivity index (χ1v) is 12.9. The molecule has 0 aromatic carbocycles. The second-order valence-corrected chi connectivity index (χ2v) is 9.72. The fourth-order valence-corrected chi connectivity index (χ4v) is 4.98. The number of carbonyl (C=O) groups is 1. The SMILES string of the molecule is CCC(=O)Nc1cncc(-c2cnc3n[nH]c(C4=NC(C)c5c(N6CCN(C)CC6)ccnc5N4)c3c2)c1. The van der Waals surface area contributed by atoms with Crippen molar-refractivity contribution >= 4 is 40.0 Å². The first-order chi connectivity index (χ1) is 18.5. The smallest absolute Gasteiger partial charge is 0.224 e. The molecule has 38 heavy (non-hydrogen) atoms. The molecule has 6 heterocycles. The molecule has 11 heteroatoms. The molecule has 4 aromatic heterocycles. The van der Waals surface area contributed by atoms with Crippen molar-refractivity contribution in [3.05, 3.63) is 54.2 Å². The average molecular weight is 511 g/mol. The highest BCUT2D eigenvalue weighted by atomic mass is 16.1.